The Morgan fingerprint density at radius 2 is 2.12 bits per heavy atom. The fourth-order valence-electron chi connectivity index (χ4n) is 2.23. The average Bonchev–Trinajstić information content (AvgIpc) is 2.75. The van der Waals surface area contributed by atoms with Gasteiger partial charge in [0.1, 0.15) is 5.82 Å². The zero-order valence-corrected chi connectivity index (χ0v) is 10.6. The summed E-state index contributed by atoms with van der Waals surface area (Å²) in [5, 5.41) is 3.51. The van der Waals surface area contributed by atoms with Gasteiger partial charge in [-0.3, -0.25) is 0 Å². The molecule has 1 aliphatic carbocycles. The Morgan fingerprint density at radius 3 is 2.88 bits per heavy atom. The monoisotopic (exact) mass is 218 g/mol. The zero-order chi connectivity index (χ0) is 11.5. The van der Waals surface area contributed by atoms with Crippen LogP contribution in [0.2, 0.25) is 0 Å². The van der Waals surface area contributed by atoms with Gasteiger partial charge in [0, 0.05) is 11.7 Å². The summed E-state index contributed by atoms with van der Waals surface area (Å²) in [6.07, 6.45) is 4.85. The fourth-order valence-corrected chi connectivity index (χ4v) is 2.23. The molecule has 1 aromatic heterocycles. The van der Waals surface area contributed by atoms with Crippen LogP contribution in [-0.4, -0.2) is 11.0 Å². The third-order valence-electron chi connectivity index (χ3n) is 3.80. The Hall–Kier alpha value is -1.05. The van der Waals surface area contributed by atoms with Crippen LogP contribution < -0.4 is 5.32 Å². The first-order valence-corrected chi connectivity index (χ1v) is 6.46. The molecule has 0 fully saturated rings. The standard InChI is InChI=1S/C14H22N2/c1-4-10(2)11(3)15-14-9-8-12-6-5-7-13(12)16-14/h8-11H,4-7H2,1-3H3,(H,15,16). The lowest BCUT2D eigenvalue weighted by molar-refractivity contribution is 0.493. The van der Waals surface area contributed by atoms with Gasteiger partial charge >= 0.3 is 0 Å². The van der Waals surface area contributed by atoms with Crippen molar-refractivity contribution in [2.45, 2.75) is 52.5 Å². The van der Waals surface area contributed by atoms with Crippen molar-refractivity contribution in [3.8, 4) is 0 Å². The molecule has 1 heterocycles. The van der Waals surface area contributed by atoms with Crippen molar-refractivity contribution in [1.82, 2.24) is 4.98 Å². The Balaban J connectivity index is 2.05. The molecular formula is C14H22N2. The molecule has 16 heavy (non-hydrogen) atoms. The Morgan fingerprint density at radius 1 is 1.31 bits per heavy atom. The molecule has 0 spiro atoms. The molecule has 1 aliphatic rings. The van der Waals surface area contributed by atoms with E-state index in [1.165, 1.54) is 30.5 Å². The highest BCUT2D eigenvalue weighted by molar-refractivity contribution is 5.41. The van der Waals surface area contributed by atoms with E-state index in [0.29, 0.717) is 12.0 Å². The second-order valence-corrected chi connectivity index (χ2v) is 4.97. The minimum atomic E-state index is 0.497. The van der Waals surface area contributed by atoms with Crippen molar-refractivity contribution in [1.29, 1.82) is 0 Å². The van der Waals surface area contributed by atoms with Gasteiger partial charge < -0.3 is 5.32 Å². The maximum absolute atomic E-state index is 4.70. The highest BCUT2D eigenvalue weighted by Gasteiger charge is 2.14. The average molecular weight is 218 g/mol. The first kappa shape index (κ1) is 11.4. The molecule has 0 amide bonds. The van der Waals surface area contributed by atoms with Crippen molar-refractivity contribution in [3.63, 3.8) is 0 Å². The summed E-state index contributed by atoms with van der Waals surface area (Å²) in [5.41, 5.74) is 2.75. The van der Waals surface area contributed by atoms with Gasteiger partial charge in [-0.25, -0.2) is 4.98 Å². The minimum absolute atomic E-state index is 0.497. The largest absolute Gasteiger partial charge is 0.367 e. The van der Waals surface area contributed by atoms with Gasteiger partial charge in [-0.15, -0.1) is 0 Å². The molecule has 2 heteroatoms. The predicted octanol–water partition coefficient (Wildman–Crippen LogP) is 3.42. The second kappa shape index (κ2) is 4.86. The Bertz CT molecular complexity index is 360. The van der Waals surface area contributed by atoms with Crippen molar-refractivity contribution >= 4 is 5.82 Å². The van der Waals surface area contributed by atoms with Gasteiger partial charge in [-0.1, -0.05) is 26.3 Å². The van der Waals surface area contributed by atoms with E-state index in [1.54, 1.807) is 0 Å². The zero-order valence-electron chi connectivity index (χ0n) is 10.6. The molecule has 2 atom stereocenters. The quantitative estimate of drug-likeness (QED) is 0.837. The Kier molecular flexibility index (Phi) is 3.47. The number of anilines is 1. The molecule has 88 valence electrons. The van der Waals surface area contributed by atoms with Crippen LogP contribution in [0.1, 0.15) is 44.9 Å². The summed E-state index contributed by atoms with van der Waals surface area (Å²) in [7, 11) is 0. The fraction of sp³-hybridized carbons (Fsp3) is 0.643. The number of aromatic nitrogens is 1. The molecule has 1 aromatic rings. The smallest absolute Gasteiger partial charge is 0.126 e. The van der Waals surface area contributed by atoms with Gasteiger partial charge in [-0.2, -0.15) is 0 Å². The summed E-state index contributed by atoms with van der Waals surface area (Å²) < 4.78 is 0. The van der Waals surface area contributed by atoms with Crippen molar-refractivity contribution < 1.29 is 0 Å². The van der Waals surface area contributed by atoms with Gasteiger partial charge in [0.05, 0.1) is 0 Å². The van der Waals surface area contributed by atoms with Crippen molar-refractivity contribution in [3.05, 3.63) is 23.4 Å². The van der Waals surface area contributed by atoms with E-state index in [1.807, 2.05) is 0 Å². The normalized spacial score (nSPS) is 17.9. The summed E-state index contributed by atoms with van der Waals surface area (Å²) in [5.74, 6) is 1.74. The van der Waals surface area contributed by atoms with Gasteiger partial charge in [0.25, 0.3) is 0 Å². The SMILES string of the molecule is CCC(C)C(C)Nc1ccc2c(n1)CCC2. The molecule has 0 bridgehead atoms. The molecule has 0 aromatic carbocycles. The van der Waals surface area contributed by atoms with E-state index in [4.69, 9.17) is 4.98 Å². The van der Waals surface area contributed by atoms with Crippen LogP contribution in [0, 0.1) is 5.92 Å². The molecule has 1 N–H and O–H groups in total. The van der Waals surface area contributed by atoms with Crippen LogP contribution in [0.25, 0.3) is 0 Å². The third kappa shape index (κ3) is 2.37. The van der Waals surface area contributed by atoms with Crippen LogP contribution in [0.5, 0.6) is 0 Å². The van der Waals surface area contributed by atoms with Crippen LogP contribution in [0.3, 0.4) is 0 Å². The summed E-state index contributed by atoms with van der Waals surface area (Å²) in [6.45, 7) is 6.76. The van der Waals surface area contributed by atoms with Crippen LogP contribution >= 0.6 is 0 Å². The first-order chi connectivity index (χ1) is 7.70. The molecule has 0 saturated heterocycles. The summed E-state index contributed by atoms with van der Waals surface area (Å²) in [6, 6.07) is 4.86. The van der Waals surface area contributed by atoms with Crippen LogP contribution in [0.15, 0.2) is 12.1 Å². The molecule has 2 rings (SSSR count). The second-order valence-electron chi connectivity index (χ2n) is 4.97. The van der Waals surface area contributed by atoms with Crippen molar-refractivity contribution in [2.75, 3.05) is 5.32 Å². The van der Waals surface area contributed by atoms with Gasteiger partial charge in [0.2, 0.25) is 0 Å². The third-order valence-corrected chi connectivity index (χ3v) is 3.80. The number of hydrogen-bond acceptors (Lipinski definition) is 2. The molecule has 0 radical (unpaired) electrons. The maximum Gasteiger partial charge on any atom is 0.126 e. The number of nitrogens with zero attached hydrogens (tertiary/aromatic N) is 1. The van der Waals surface area contributed by atoms with E-state index >= 15 is 0 Å². The topological polar surface area (TPSA) is 24.9 Å². The molecule has 0 saturated carbocycles. The highest BCUT2D eigenvalue weighted by Crippen LogP contribution is 2.22. The van der Waals surface area contributed by atoms with Gasteiger partial charge in [0.15, 0.2) is 0 Å². The number of aryl methyl sites for hydroxylation is 2. The van der Waals surface area contributed by atoms with E-state index in [-0.39, 0.29) is 0 Å². The minimum Gasteiger partial charge on any atom is -0.367 e. The van der Waals surface area contributed by atoms with E-state index < -0.39 is 0 Å². The Labute approximate surface area is 98.5 Å². The lowest BCUT2D eigenvalue weighted by atomic mass is 10.0. The number of rotatable bonds is 4. The van der Waals surface area contributed by atoms with Crippen molar-refractivity contribution in [2.24, 2.45) is 5.92 Å². The lowest BCUT2D eigenvalue weighted by Crippen LogP contribution is -2.23. The molecule has 2 nitrogen and oxygen atoms in total. The number of fused-ring (bicyclic) bond motifs is 1. The van der Waals surface area contributed by atoms with E-state index in [2.05, 4.69) is 38.2 Å². The first-order valence-electron chi connectivity index (χ1n) is 6.46. The van der Waals surface area contributed by atoms with Gasteiger partial charge in [-0.05, 0) is 43.7 Å². The number of hydrogen-bond donors (Lipinski definition) is 1. The number of nitrogens with one attached hydrogen (secondary N) is 1. The maximum atomic E-state index is 4.70. The van der Waals surface area contributed by atoms with E-state index in [9.17, 15) is 0 Å². The molecule has 2 unspecified atom stereocenters. The van der Waals surface area contributed by atoms with Crippen LogP contribution in [-0.2, 0) is 12.8 Å². The van der Waals surface area contributed by atoms with E-state index in [0.717, 1.165) is 12.2 Å². The molecule has 0 aliphatic heterocycles. The van der Waals surface area contributed by atoms with Crippen LogP contribution in [0.4, 0.5) is 5.82 Å². The summed E-state index contributed by atoms with van der Waals surface area (Å²) >= 11 is 0. The predicted molar refractivity (Wildman–Crippen MR) is 68.8 cm³/mol. The molecular weight excluding hydrogens is 196 g/mol. The lowest BCUT2D eigenvalue weighted by Gasteiger charge is -2.20. The summed E-state index contributed by atoms with van der Waals surface area (Å²) in [4.78, 5) is 4.70. The number of pyridine rings is 1. The highest BCUT2D eigenvalue weighted by atomic mass is 15.0.